The van der Waals surface area contributed by atoms with Crippen LogP contribution in [0.15, 0.2) is 92.3 Å². The number of hydrogen-bond acceptors (Lipinski definition) is 17. The number of hydrogen-bond donors (Lipinski definition) is 11. The number of aliphatic imine (C=N–C) groups is 2. The number of pyridine rings is 2. The molecule has 3 aliphatic rings. The second kappa shape index (κ2) is 26.6. The fourth-order valence-electron chi connectivity index (χ4n) is 6.87. The molecule has 26 heteroatoms. The van der Waals surface area contributed by atoms with E-state index in [4.69, 9.17) is 11.6 Å². The molecule has 2 aromatic heterocycles. The minimum Gasteiger partial charge on any atom is -0.508 e. The number of nitrogens with zero attached hydrogens (tertiary/aromatic N) is 7. The monoisotopic (exact) mass is 966 g/mol. The average molecular weight is 967 g/mol. The molecule has 7 amide bonds. The summed E-state index contributed by atoms with van der Waals surface area (Å²) >= 11 is 0. The number of carboxylic acids is 1. The van der Waals surface area contributed by atoms with E-state index in [0.717, 1.165) is 0 Å². The number of phenolic OH excluding ortho intramolecular Hbond substituents is 1. The number of amides is 7. The molecule has 4 bridgehead atoms. The number of aromatic hydroxyl groups is 1. The van der Waals surface area contributed by atoms with E-state index in [0.29, 0.717) is 17.7 Å². The van der Waals surface area contributed by atoms with E-state index in [1.807, 2.05) is 0 Å². The average Bonchev–Trinajstić information content (AvgIpc) is 3.33. The molecule has 370 valence electrons. The van der Waals surface area contributed by atoms with Crippen LogP contribution in [0.3, 0.4) is 0 Å². The summed E-state index contributed by atoms with van der Waals surface area (Å²) in [6, 6.07) is 7.88. The number of carbonyl (C=O) groups is 8. The largest absolute Gasteiger partial charge is 0.508 e. The van der Waals surface area contributed by atoms with Crippen LogP contribution in [0.4, 0.5) is 5.69 Å². The molecule has 0 unspecified atom stereocenters. The van der Waals surface area contributed by atoms with Crippen molar-refractivity contribution in [2.45, 2.75) is 88.4 Å². The van der Waals surface area contributed by atoms with Gasteiger partial charge in [0.2, 0.25) is 59.0 Å². The van der Waals surface area contributed by atoms with Gasteiger partial charge in [-0.2, -0.15) is 10.1 Å². The van der Waals surface area contributed by atoms with Crippen LogP contribution in [-0.2, 0) is 44.8 Å². The summed E-state index contributed by atoms with van der Waals surface area (Å²) in [5.74, 6) is -1.59. The molecule has 1 saturated heterocycles. The molecule has 26 nitrogen and oxygen atoms in total. The van der Waals surface area contributed by atoms with Crippen LogP contribution >= 0.6 is 0 Å². The minimum atomic E-state index is -1.69. The zero-order valence-corrected chi connectivity index (χ0v) is 37.8. The van der Waals surface area contributed by atoms with Crippen molar-refractivity contribution >= 4 is 70.6 Å². The molecule has 1 aromatic carbocycles. The van der Waals surface area contributed by atoms with Gasteiger partial charge < -0.3 is 59.0 Å². The molecule has 5 heterocycles. The molecule has 70 heavy (non-hydrogen) atoms. The van der Waals surface area contributed by atoms with Crippen LogP contribution < -0.4 is 48.8 Å². The molecule has 3 aromatic rings. The number of carboxylic acid groups (broad SMARTS) is 1. The number of aromatic nitrogens is 2. The Bertz CT molecular complexity index is 2480. The summed E-state index contributed by atoms with van der Waals surface area (Å²) in [5.41, 5.74) is 7.45. The van der Waals surface area contributed by atoms with E-state index in [1.165, 1.54) is 42.7 Å². The second-order valence-electron chi connectivity index (χ2n) is 15.9. The van der Waals surface area contributed by atoms with Gasteiger partial charge in [0.15, 0.2) is 0 Å². The number of amidine groups is 2. The molecule has 1 fully saturated rings. The highest BCUT2D eigenvalue weighted by molar-refractivity contribution is 6.06. The Balaban J connectivity index is 1.46. The first-order valence-electron chi connectivity index (χ1n) is 22.2. The smallest absolute Gasteiger partial charge is 0.305 e. The number of carbonyl (C=O) groups excluding carboxylic acids is 7. The summed E-state index contributed by atoms with van der Waals surface area (Å²) in [5, 5.41) is 49.4. The number of nitrogens with two attached hydrogens (primary N) is 2. The Hall–Kier alpha value is -8.71. The van der Waals surface area contributed by atoms with Gasteiger partial charge in [-0.05, 0) is 80.5 Å². The van der Waals surface area contributed by atoms with Gasteiger partial charge in [-0.15, -0.1) is 10.2 Å². The Morgan fingerprint density at radius 3 is 2.16 bits per heavy atom. The molecule has 0 spiro atoms. The van der Waals surface area contributed by atoms with Gasteiger partial charge in [-0.1, -0.05) is 18.2 Å². The standard InChI is InChI=1S/C44H54N16O10/c45-44-49-20-6-9-30-41(68)54-31(42(69)55-32(21-25-12-15-27(61)16-13-25)43(70)56-33(22-37(65)66)40(67)51-24-36(64)53-30)8-2-4-19-48-34(62)10-5-11-35(63)52-26-14-17-29(50-23-26)39(58-46)60-59-38(57-44)28-7-1-3-18-47-28/h1,3,7,12-18,23,30-33,61H,2,4-6,8-11,19-22,24,46H2,(H2,45,49)(H,48,62)(H,51,67)(H,52,63)(H,53,64)(H,54,68)(H,55,69)(H,56,70)(H,65,66)/t30-,31-,32+,33-/m1/s1. The second-order valence-corrected chi connectivity index (χ2v) is 15.9. The van der Waals surface area contributed by atoms with Gasteiger partial charge in [0, 0.05) is 38.5 Å². The number of hydrazone groups is 1. The highest BCUT2D eigenvalue weighted by Gasteiger charge is 2.33. The van der Waals surface area contributed by atoms with E-state index < -0.39 is 72.6 Å². The number of anilines is 1. The minimum absolute atomic E-state index is 0.0116. The topological polar surface area (TPSA) is 401 Å². The lowest BCUT2D eigenvalue weighted by Crippen LogP contribution is -2.58. The van der Waals surface area contributed by atoms with Gasteiger partial charge >= 0.3 is 5.97 Å². The quantitative estimate of drug-likeness (QED) is 0.108. The third kappa shape index (κ3) is 17.2. The number of aliphatic carboxylic acids is 1. The summed E-state index contributed by atoms with van der Waals surface area (Å²) in [4.78, 5) is 123. The van der Waals surface area contributed by atoms with Crippen LogP contribution in [0.5, 0.6) is 5.75 Å². The van der Waals surface area contributed by atoms with Crippen molar-refractivity contribution in [3.63, 3.8) is 0 Å². The number of rotatable bonds is 5. The zero-order chi connectivity index (χ0) is 50.4. The summed E-state index contributed by atoms with van der Waals surface area (Å²) in [6.45, 7) is -0.611. The Labute approximate surface area is 400 Å². The maximum atomic E-state index is 14.2. The van der Waals surface area contributed by atoms with Gasteiger partial charge in [0.1, 0.15) is 41.3 Å². The van der Waals surface area contributed by atoms with E-state index in [9.17, 15) is 48.6 Å². The van der Waals surface area contributed by atoms with Crippen molar-refractivity contribution in [3.05, 3.63) is 83.9 Å². The van der Waals surface area contributed by atoms with E-state index in [1.54, 1.807) is 24.3 Å². The molecular weight excluding hydrogens is 913 g/mol. The lowest BCUT2D eigenvalue weighted by molar-refractivity contribution is -0.141. The first-order valence-corrected chi connectivity index (χ1v) is 22.2. The summed E-state index contributed by atoms with van der Waals surface area (Å²) in [6.07, 6.45) is 2.60. The SMILES string of the molecule is NN=C1N=NC(c2ccccn2)=NC(N)=NCCC[C@H]2NC(=O)CNC(=O)[C@@H](CC(=O)O)NC(=O)[C@H](Cc3ccc(O)cc3)NC(=O)[C@@H](CCCCNC(=O)CCCC(=O)Nc3ccc1nc3)NC2=O. The Morgan fingerprint density at radius 2 is 1.44 bits per heavy atom. The van der Waals surface area contributed by atoms with Gasteiger partial charge in [0.25, 0.3) is 0 Å². The van der Waals surface area contributed by atoms with E-state index in [2.05, 4.69) is 72.5 Å². The van der Waals surface area contributed by atoms with Crippen LogP contribution in [-0.4, -0.2) is 129 Å². The van der Waals surface area contributed by atoms with Crippen molar-refractivity contribution in [1.82, 2.24) is 41.9 Å². The number of phenols is 1. The number of azo groups is 1. The van der Waals surface area contributed by atoms with Crippen molar-refractivity contribution < 1.29 is 48.6 Å². The molecular formula is C44H54N16O10. The van der Waals surface area contributed by atoms with Crippen molar-refractivity contribution in [2.75, 3.05) is 25.0 Å². The Kier molecular flexibility index (Phi) is 19.8. The normalized spacial score (nSPS) is 22.1. The molecule has 0 saturated carbocycles. The third-order valence-corrected chi connectivity index (χ3v) is 10.5. The highest BCUT2D eigenvalue weighted by atomic mass is 16.4. The molecule has 13 N–H and O–H groups in total. The molecule has 4 atom stereocenters. The van der Waals surface area contributed by atoms with E-state index >= 15 is 0 Å². The van der Waals surface area contributed by atoms with Crippen LogP contribution in [0.1, 0.15) is 74.7 Å². The summed E-state index contributed by atoms with van der Waals surface area (Å²) < 4.78 is 0. The van der Waals surface area contributed by atoms with Gasteiger partial charge in [-0.3, -0.25) is 53.3 Å². The molecule has 0 radical (unpaired) electrons. The predicted octanol–water partition coefficient (Wildman–Crippen LogP) is -1.01. The molecule has 0 aliphatic carbocycles. The number of fused-ring (bicyclic) bond motifs is 18. The van der Waals surface area contributed by atoms with Crippen LogP contribution in [0.25, 0.3) is 0 Å². The van der Waals surface area contributed by atoms with Crippen LogP contribution in [0.2, 0.25) is 0 Å². The fourth-order valence-corrected chi connectivity index (χ4v) is 6.87. The lowest BCUT2D eigenvalue weighted by Gasteiger charge is -2.26. The first-order chi connectivity index (χ1) is 33.7. The lowest BCUT2D eigenvalue weighted by atomic mass is 10.0. The zero-order valence-electron chi connectivity index (χ0n) is 37.8. The maximum absolute atomic E-state index is 14.2. The number of benzene rings is 1. The van der Waals surface area contributed by atoms with Gasteiger partial charge in [-0.25, -0.2) is 0 Å². The predicted molar refractivity (Wildman–Crippen MR) is 250 cm³/mol. The summed E-state index contributed by atoms with van der Waals surface area (Å²) in [7, 11) is 0. The number of nitrogens with one attached hydrogen (secondary N) is 7. The fraction of sp³-hybridized carbons (Fsp3) is 0.386. The van der Waals surface area contributed by atoms with Crippen LogP contribution in [0, 0.1) is 0 Å². The van der Waals surface area contributed by atoms with Crippen molar-refractivity contribution in [3.8, 4) is 5.75 Å². The van der Waals surface area contributed by atoms with E-state index in [-0.39, 0.29) is 111 Å². The first kappa shape index (κ1) is 52.3. The maximum Gasteiger partial charge on any atom is 0.305 e. The molecule has 6 rings (SSSR count). The Morgan fingerprint density at radius 1 is 0.714 bits per heavy atom. The number of guanidine groups is 1. The van der Waals surface area contributed by atoms with Crippen molar-refractivity contribution in [2.24, 2.45) is 36.9 Å². The van der Waals surface area contributed by atoms with Gasteiger partial charge in [0.05, 0.1) is 24.8 Å². The highest BCUT2D eigenvalue weighted by Crippen LogP contribution is 2.14. The third-order valence-electron chi connectivity index (χ3n) is 10.5. The van der Waals surface area contributed by atoms with Crippen molar-refractivity contribution in [1.29, 1.82) is 0 Å². The molecule has 3 aliphatic heterocycles.